The summed E-state index contributed by atoms with van der Waals surface area (Å²) in [6.07, 6.45) is -15.0. The zero-order valence-electron chi connectivity index (χ0n) is 27.4. The van der Waals surface area contributed by atoms with Gasteiger partial charge in [-0.3, -0.25) is 4.79 Å². The van der Waals surface area contributed by atoms with Crippen LogP contribution < -0.4 is 0 Å². The zero-order chi connectivity index (χ0) is 36.1. The highest BCUT2D eigenvalue weighted by Crippen LogP contribution is 2.73. The number of benzene rings is 1. The number of Topliss-reactive ketones (excluding diaryl/α,β-unsaturated/α-hetero) is 1. The highest BCUT2D eigenvalue weighted by atomic mass is 16.7. The molecule has 16 nitrogen and oxygen atoms in total. The molecule has 5 fully saturated rings. The van der Waals surface area contributed by atoms with Crippen molar-refractivity contribution in [2.45, 2.75) is 87.4 Å². The summed E-state index contributed by atoms with van der Waals surface area (Å²) in [5.74, 6) is -6.96. The molecule has 6 aliphatic rings. The maximum atomic E-state index is 14.0. The minimum atomic E-state index is -2.34. The van der Waals surface area contributed by atoms with Crippen molar-refractivity contribution in [1.29, 1.82) is 0 Å². The highest BCUT2D eigenvalue weighted by molar-refractivity contribution is 5.96. The number of carbonyl (C=O) groups is 4. The Labute approximate surface area is 285 Å². The Morgan fingerprint density at radius 2 is 1.68 bits per heavy atom. The standard InChI is InChI=1S/C34H40O16/c1-13-15-9-18-33-12-46-34(31(44)45-3,26(33)24(29(43)48-18)49-28(42)14-7-5-4-6-8-14)27(41)22(40)25(33)32(15,2)10-16(36)23(13)50-30-21(39)20(38)19(37)17(11-35)47-30/h4-8,15,17-22,24-27,30,35,37-41H,9-12H2,1-3H3. The van der Waals surface area contributed by atoms with E-state index in [1.165, 1.54) is 12.1 Å². The Morgan fingerprint density at radius 1 is 0.980 bits per heavy atom. The van der Waals surface area contributed by atoms with Crippen LogP contribution in [0.5, 0.6) is 0 Å². The van der Waals surface area contributed by atoms with Crippen molar-refractivity contribution in [2.24, 2.45) is 28.6 Å². The number of allylic oxidation sites excluding steroid dienone is 2. The van der Waals surface area contributed by atoms with E-state index >= 15 is 0 Å². The van der Waals surface area contributed by atoms with Gasteiger partial charge < -0.3 is 59.1 Å². The van der Waals surface area contributed by atoms with E-state index in [0.717, 1.165) is 7.11 Å². The van der Waals surface area contributed by atoms with E-state index < -0.39 is 120 Å². The van der Waals surface area contributed by atoms with Crippen LogP contribution in [-0.4, -0.2) is 135 Å². The highest BCUT2D eigenvalue weighted by Gasteiger charge is 2.85. The fourth-order valence-electron chi connectivity index (χ4n) is 10.0. The lowest BCUT2D eigenvalue weighted by atomic mass is 9.38. The molecule has 50 heavy (non-hydrogen) atoms. The molecule has 1 aromatic rings. The second kappa shape index (κ2) is 12.1. The molecule has 6 N–H and O–H groups in total. The van der Waals surface area contributed by atoms with Crippen LogP contribution in [0.25, 0.3) is 0 Å². The summed E-state index contributed by atoms with van der Waals surface area (Å²) < 4.78 is 34.4. The molecule has 3 heterocycles. The average Bonchev–Trinajstić information content (AvgIpc) is 3.41. The first-order chi connectivity index (χ1) is 23.7. The number of hydrogen-bond donors (Lipinski definition) is 6. The molecule has 2 saturated carbocycles. The van der Waals surface area contributed by atoms with E-state index in [-0.39, 0.29) is 30.8 Å². The van der Waals surface area contributed by atoms with Crippen LogP contribution in [0.2, 0.25) is 0 Å². The minimum Gasteiger partial charge on any atom is -0.467 e. The maximum Gasteiger partial charge on any atom is 0.348 e. The Hall–Kier alpha value is -3.48. The van der Waals surface area contributed by atoms with Crippen molar-refractivity contribution in [3.05, 3.63) is 47.2 Å². The summed E-state index contributed by atoms with van der Waals surface area (Å²) >= 11 is 0. The van der Waals surface area contributed by atoms with Crippen molar-refractivity contribution >= 4 is 23.7 Å². The van der Waals surface area contributed by atoms with Crippen LogP contribution in [0.15, 0.2) is 41.7 Å². The summed E-state index contributed by atoms with van der Waals surface area (Å²) in [5.41, 5.74) is -4.56. The summed E-state index contributed by atoms with van der Waals surface area (Å²) in [6.45, 7) is 2.28. The molecule has 0 radical (unpaired) electrons. The molecule has 3 aliphatic heterocycles. The van der Waals surface area contributed by atoms with Crippen molar-refractivity contribution in [3.63, 3.8) is 0 Å². The molecule has 7 rings (SSSR count). The average molecular weight is 705 g/mol. The van der Waals surface area contributed by atoms with Gasteiger partial charge in [-0.25, -0.2) is 14.4 Å². The van der Waals surface area contributed by atoms with Gasteiger partial charge in [0.25, 0.3) is 0 Å². The Balaban J connectivity index is 1.31. The van der Waals surface area contributed by atoms with Gasteiger partial charge in [-0.15, -0.1) is 0 Å². The van der Waals surface area contributed by atoms with Gasteiger partial charge in [0.2, 0.25) is 18.0 Å². The second-order valence-electron chi connectivity index (χ2n) is 14.4. The molecular formula is C34H40O16. The van der Waals surface area contributed by atoms with Gasteiger partial charge in [0.15, 0.2) is 11.5 Å². The van der Waals surface area contributed by atoms with Crippen molar-refractivity contribution < 1.29 is 78.2 Å². The Morgan fingerprint density at radius 3 is 2.34 bits per heavy atom. The monoisotopic (exact) mass is 704 g/mol. The molecule has 3 saturated heterocycles. The van der Waals surface area contributed by atoms with Crippen LogP contribution in [0.4, 0.5) is 0 Å². The number of ether oxygens (including phenoxy) is 6. The van der Waals surface area contributed by atoms with Gasteiger partial charge in [0, 0.05) is 17.8 Å². The number of carbonyl (C=O) groups excluding carboxylic acids is 4. The fraction of sp³-hybridized carbons (Fsp3) is 0.647. The predicted octanol–water partition coefficient (Wildman–Crippen LogP) is -1.88. The van der Waals surface area contributed by atoms with Crippen molar-refractivity contribution in [2.75, 3.05) is 20.3 Å². The number of aliphatic hydroxyl groups excluding tert-OH is 6. The Bertz CT molecular complexity index is 1610. The molecule has 272 valence electrons. The van der Waals surface area contributed by atoms with E-state index in [9.17, 15) is 49.8 Å². The summed E-state index contributed by atoms with van der Waals surface area (Å²) in [5, 5.41) is 64.6. The van der Waals surface area contributed by atoms with Crippen LogP contribution >= 0.6 is 0 Å². The van der Waals surface area contributed by atoms with Crippen LogP contribution in [0.1, 0.15) is 37.0 Å². The lowest BCUT2D eigenvalue weighted by Gasteiger charge is -2.67. The van der Waals surface area contributed by atoms with E-state index in [0.29, 0.717) is 5.57 Å². The normalized spacial score (nSPS) is 46.3. The van der Waals surface area contributed by atoms with Gasteiger partial charge in [-0.1, -0.05) is 25.1 Å². The second-order valence-corrected chi connectivity index (χ2v) is 14.4. The maximum absolute atomic E-state index is 14.0. The van der Waals surface area contributed by atoms with E-state index in [2.05, 4.69) is 0 Å². The first-order valence-electron chi connectivity index (χ1n) is 16.4. The molecule has 16 heteroatoms. The Kier molecular flexibility index (Phi) is 8.42. The van der Waals surface area contributed by atoms with E-state index in [4.69, 9.17) is 28.4 Å². The molecule has 2 bridgehead atoms. The van der Waals surface area contributed by atoms with Gasteiger partial charge in [0.05, 0.1) is 37.9 Å². The molecule has 3 aliphatic carbocycles. The number of aliphatic hydroxyl groups is 6. The number of rotatable bonds is 6. The van der Waals surface area contributed by atoms with Crippen molar-refractivity contribution in [1.82, 2.24) is 0 Å². The van der Waals surface area contributed by atoms with E-state index in [1.54, 1.807) is 32.0 Å². The molecule has 0 amide bonds. The fourth-order valence-corrected chi connectivity index (χ4v) is 10.0. The molecular weight excluding hydrogens is 664 g/mol. The number of methoxy groups -OCH3 is 1. The quantitative estimate of drug-likeness (QED) is 0.140. The summed E-state index contributed by atoms with van der Waals surface area (Å²) in [6, 6.07) is 7.81. The smallest absolute Gasteiger partial charge is 0.348 e. The SMILES string of the molecule is COC(=O)C12OCC34C(CC5C(C)=C(OC6OC(CO)C(O)C(O)C6O)C(=O)CC5(C)C3C(O)C1O)OC(=O)C(OC(=O)c1ccccc1)C24. The lowest BCUT2D eigenvalue weighted by Crippen LogP contribution is -2.79. The first kappa shape index (κ1) is 34.9. The first-order valence-corrected chi connectivity index (χ1v) is 16.4. The number of fused-ring (bicyclic) bond motifs is 2. The molecule has 15 atom stereocenters. The summed E-state index contributed by atoms with van der Waals surface area (Å²) in [7, 11) is 1.06. The third kappa shape index (κ3) is 4.52. The predicted molar refractivity (Wildman–Crippen MR) is 161 cm³/mol. The molecule has 1 aromatic carbocycles. The lowest BCUT2D eigenvalue weighted by molar-refractivity contribution is -0.295. The van der Waals surface area contributed by atoms with Crippen LogP contribution in [0.3, 0.4) is 0 Å². The third-order valence-electron chi connectivity index (χ3n) is 12.1. The molecule has 0 aromatic heterocycles. The van der Waals surface area contributed by atoms with Gasteiger partial charge in [-0.2, -0.15) is 0 Å². The van der Waals surface area contributed by atoms with Crippen LogP contribution in [-0.2, 0) is 42.8 Å². The van der Waals surface area contributed by atoms with Crippen LogP contribution in [0, 0.1) is 28.6 Å². The zero-order valence-corrected chi connectivity index (χ0v) is 27.4. The topological polar surface area (TPSA) is 245 Å². The van der Waals surface area contributed by atoms with E-state index in [1.807, 2.05) is 0 Å². The summed E-state index contributed by atoms with van der Waals surface area (Å²) in [4.78, 5) is 54.8. The molecule has 1 spiro atoms. The number of ketones is 1. The largest absolute Gasteiger partial charge is 0.467 e. The minimum absolute atomic E-state index is 0.0265. The van der Waals surface area contributed by atoms with Gasteiger partial charge in [0.1, 0.15) is 36.6 Å². The van der Waals surface area contributed by atoms with Crippen molar-refractivity contribution in [3.8, 4) is 0 Å². The van der Waals surface area contributed by atoms with Gasteiger partial charge in [-0.05, 0) is 42.4 Å². The molecule has 15 unspecified atom stereocenters. The van der Waals surface area contributed by atoms with Gasteiger partial charge >= 0.3 is 17.9 Å². The number of hydrogen-bond acceptors (Lipinski definition) is 16. The number of esters is 3. The third-order valence-corrected chi connectivity index (χ3v) is 12.1.